The predicted octanol–water partition coefficient (Wildman–Crippen LogP) is 4.74. The molecule has 3 rings (SSSR count). The van der Waals surface area contributed by atoms with Gasteiger partial charge in [-0.25, -0.2) is 4.79 Å². The summed E-state index contributed by atoms with van der Waals surface area (Å²) >= 11 is 3.39. The number of nitrogens with zero attached hydrogens (tertiary/aromatic N) is 2. The number of rotatable bonds is 5. The van der Waals surface area contributed by atoms with E-state index in [2.05, 4.69) is 25.8 Å². The minimum absolute atomic E-state index is 0.0228. The fourth-order valence-corrected chi connectivity index (χ4v) is 2.96. The average molecular weight is 415 g/mol. The van der Waals surface area contributed by atoms with E-state index >= 15 is 0 Å². The number of hydrogen-bond acceptors (Lipinski definition) is 5. The number of aromatic nitrogens is 1. The lowest BCUT2D eigenvalue weighted by Crippen LogP contribution is -1.98. The number of fused-ring (bicyclic) bond motifs is 1. The van der Waals surface area contributed by atoms with Crippen LogP contribution < -0.4 is 0 Å². The van der Waals surface area contributed by atoms with Gasteiger partial charge in [-0.15, -0.1) is 4.91 Å². The Balaban J connectivity index is 2.05. The molecule has 7 heteroatoms. The van der Waals surface area contributed by atoms with Crippen LogP contribution in [-0.4, -0.2) is 22.8 Å². The van der Waals surface area contributed by atoms with Gasteiger partial charge in [0, 0.05) is 15.9 Å². The number of aromatic hydroxyl groups is 1. The Kier molecular flexibility index (Phi) is 5.18. The minimum atomic E-state index is -0.477. The number of ether oxygens (including phenoxy) is 1. The van der Waals surface area contributed by atoms with Crippen LogP contribution in [0.3, 0.4) is 0 Å². The highest BCUT2D eigenvalue weighted by molar-refractivity contribution is 9.10. The molecule has 0 aliphatic carbocycles. The van der Waals surface area contributed by atoms with E-state index in [9.17, 15) is 14.8 Å². The van der Waals surface area contributed by atoms with Gasteiger partial charge in [0.15, 0.2) is 5.69 Å². The zero-order chi connectivity index (χ0) is 18.7. The van der Waals surface area contributed by atoms with Gasteiger partial charge in [-0.3, -0.25) is 0 Å². The van der Waals surface area contributed by atoms with Gasteiger partial charge < -0.3 is 14.4 Å². The molecule has 3 aromatic rings. The summed E-state index contributed by atoms with van der Waals surface area (Å²) in [7, 11) is 1.30. The summed E-state index contributed by atoms with van der Waals surface area (Å²) in [5.74, 6) is -0.665. The van der Waals surface area contributed by atoms with Gasteiger partial charge in [-0.1, -0.05) is 34.1 Å². The van der Waals surface area contributed by atoms with Gasteiger partial charge in [-0.2, -0.15) is 0 Å². The van der Waals surface area contributed by atoms with Crippen molar-refractivity contribution in [3.63, 3.8) is 0 Å². The highest BCUT2D eigenvalue weighted by Crippen LogP contribution is 2.39. The van der Waals surface area contributed by atoms with Gasteiger partial charge in [0.05, 0.1) is 19.2 Å². The van der Waals surface area contributed by atoms with Gasteiger partial charge in [-0.05, 0) is 46.6 Å². The van der Waals surface area contributed by atoms with Crippen LogP contribution in [0.15, 0.2) is 58.2 Å². The van der Waals surface area contributed by atoms with Crippen molar-refractivity contribution in [2.45, 2.75) is 6.54 Å². The number of nitroso groups, excluding NO2 is 1. The SMILES string of the molecule is COC(=O)/C=C/c1ccc2c(c1)c(N=O)c(O)n2Cc1ccc(Br)cc1. The quantitative estimate of drug-likeness (QED) is 0.371. The maximum Gasteiger partial charge on any atom is 0.330 e. The van der Waals surface area contributed by atoms with E-state index in [4.69, 9.17) is 0 Å². The zero-order valence-electron chi connectivity index (χ0n) is 13.8. The van der Waals surface area contributed by atoms with Crippen molar-refractivity contribution < 1.29 is 14.6 Å². The summed E-state index contributed by atoms with van der Waals surface area (Å²) in [4.78, 5) is 22.5. The van der Waals surface area contributed by atoms with Gasteiger partial charge in [0.2, 0.25) is 5.88 Å². The van der Waals surface area contributed by atoms with Crippen LogP contribution in [0.1, 0.15) is 11.1 Å². The molecule has 26 heavy (non-hydrogen) atoms. The van der Waals surface area contributed by atoms with Crippen LogP contribution in [0, 0.1) is 4.91 Å². The van der Waals surface area contributed by atoms with Crippen molar-refractivity contribution in [3.8, 4) is 5.88 Å². The molecule has 132 valence electrons. The predicted molar refractivity (Wildman–Crippen MR) is 103 cm³/mol. The summed E-state index contributed by atoms with van der Waals surface area (Å²) in [6.07, 6.45) is 2.86. The molecule has 1 heterocycles. The standard InChI is InChI=1S/C19H15BrN2O4/c1-26-17(23)9-5-12-4-8-16-15(10-12)18(21-25)19(24)22(16)11-13-2-6-14(20)7-3-13/h2-10,24H,11H2,1H3/b9-5+. The number of methoxy groups -OCH3 is 1. The monoisotopic (exact) mass is 414 g/mol. The molecule has 1 N–H and O–H groups in total. The second kappa shape index (κ2) is 7.53. The summed E-state index contributed by atoms with van der Waals surface area (Å²) in [5, 5.41) is 13.9. The van der Waals surface area contributed by atoms with E-state index in [1.807, 2.05) is 24.3 Å². The Morgan fingerprint density at radius 2 is 2.00 bits per heavy atom. The number of halogens is 1. The van der Waals surface area contributed by atoms with Gasteiger partial charge >= 0.3 is 5.97 Å². The van der Waals surface area contributed by atoms with Crippen molar-refractivity contribution in [1.29, 1.82) is 0 Å². The van der Waals surface area contributed by atoms with Crippen LogP contribution in [0.2, 0.25) is 0 Å². The zero-order valence-corrected chi connectivity index (χ0v) is 15.4. The number of carbonyl (C=O) groups is 1. The second-order valence-electron chi connectivity index (χ2n) is 5.61. The third-order valence-electron chi connectivity index (χ3n) is 3.99. The van der Waals surface area contributed by atoms with E-state index in [-0.39, 0.29) is 11.6 Å². The molecule has 0 atom stereocenters. The lowest BCUT2D eigenvalue weighted by Gasteiger charge is -2.07. The molecule has 0 amide bonds. The minimum Gasteiger partial charge on any atom is -0.493 e. The summed E-state index contributed by atoms with van der Waals surface area (Å²) in [6, 6.07) is 12.9. The second-order valence-corrected chi connectivity index (χ2v) is 6.52. The number of hydrogen-bond donors (Lipinski definition) is 1. The van der Waals surface area contributed by atoms with Crippen LogP contribution in [0.25, 0.3) is 17.0 Å². The molecule has 0 spiro atoms. The maximum absolute atomic E-state index is 11.3. The normalized spacial score (nSPS) is 11.2. The van der Waals surface area contributed by atoms with E-state index in [0.29, 0.717) is 23.0 Å². The average Bonchev–Trinajstić information content (AvgIpc) is 2.92. The molecule has 0 aliphatic rings. The maximum atomic E-state index is 11.3. The molecule has 1 aromatic heterocycles. The number of esters is 1. The molecule has 0 aliphatic heterocycles. The van der Waals surface area contributed by atoms with Gasteiger partial charge in [0.25, 0.3) is 0 Å². The fourth-order valence-electron chi connectivity index (χ4n) is 2.70. The van der Waals surface area contributed by atoms with Crippen LogP contribution in [0.4, 0.5) is 5.69 Å². The Labute approximate surface area is 157 Å². The molecule has 0 bridgehead atoms. The van der Waals surface area contributed by atoms with E-state index in [0.717, 1.165) is 10.0 Å². The molecular formula is C19H15BrN2O4. The first kappa shape index (κ1) is 17.9. The highest BCUT2D eigenvalue weighted by atomic mass is 79.9. The summed E-state index contributed by atoms with van der Waals surface area (Å²) in [6.45, 7) is 0.391. The molecule has 2 aromatic carbocycles. The molecule has 6 nitrogen and oxygen atoms in total. The van der Waals surface area contributed by atoms with Crippen LogP contribution >= 0.6 is 15.9 Å². The number of benzene rings is 2. The van der Waals surface area contributed by atoms with Crippen molar-refractivity contribution in [1.82, 2.24) is 4.57 Å². The Morgan fingerprint density at radius 1 is 1.27 bits per heavy atom. The molecule has 0 unspecified atom stereocenters. The smallest absolute Gasteiger partial charge is 0.330 e. The molecule has 0 saturated heterocycles. The molecular weight excluding hydrogens is 400 g/mol. The van der Waals surface area contributed by atoms with Crippen LogP contribution in [-0.2, 0) is 16.1 Å². The highest BCUT2D eigenvalue weighted by Gasteiger charge is 2.18. The van der Waals surface area contributed by atoms with E-state index in [1.165, 1.54) is 13.2 Å². The molecule has 0 saturated carbocycles. The Hall–Kier alpha value is -2.93. The lowest BCUT2D eigenvalue weighted by atomic mass is 10.1. The molecule has 0 radical (unpaired) electrons. The third kappa shape index (κ3) is 3.52. The Bertz CT molecular complexity index is 1010. The number of carbonyl (C=O) groups excluding carboxylic acids is 1. The van der Waals surface area contributed by atoms with E-state index < -0.39 is 5.97 Å². The first-order chi connectivity index (χ1) is 12.5. The first-order valence-electron chi connectivity index (χ1n) is 7.72. The lowest BCUT2D eigenvalue weighted by molar-refractivity contribution is -0.134. The first-order valence-corrected chi connectivity index (χ1v) is 8.52. The summed E-state index contributed by atoms with van der Waals surface area (Å²) in [5.41, 5.74) is 2.31. The van der Waals surface area contributed by atoms with Crippen molar-refractivity contribution in [3.05, 3.63) is 69.0 Å². The largest absolute Gasteiger partial charge is 0.493 e. The van der Waals surface area contributed by atoms with Gasteiger partial charge in [0.1, 0.15) is 0 Å². The topological polar surface area (TPSA) is 80.9 Å². The Morgan fingerprint density at radius 3 is 2.65 bits per heavy atom. The van der Waals surface area contributed by atoms with Crippen molar-refractivity contribution in [2.24, 2.45) is 5.18 Å². The van der Waals surface area contributed by atoms with Crippen molar-refractivity contribution >= 4 is 44.6 Å². The molecule has 0 fully saturated rings. The van der Waals surface area contributed by atoms with Crippen LogP contribution in [0.5, 0.6) is 5.88 Å². The van der Waals surface area contributed by atoms with E-state index in [1.54, 1.807) is 28.8 Å². The summed E-state index contributed by atoms with van der Waals surface area (Å²) < 4.78 is 7.15. The third-order valence-corrected chi connectivity index (χ3v) is 4.52. The van der Waals surface area contributed by atoms with Crippen molar-refractivity contribution in [2.75, 3.05) is 7.11 Å². The fraction of sp³-hybridized carbons (Fsp3) is 0.105.